The van der Waals surface area contributed by atoms with Gasteiger partial charge in [0.15, 0.2) is 0 Å². The van der Waals surface area contributed by atoms with E-state index >= 15 is 0 Å². The molecular formula is C22H22FN5O2. The van der Waals surface area contributed by atoms with E-state index in [9.17, 15) is 14.3 Å². The second-order valence-electron chi connectivity index (χ2n) is 7.83. The molecule has 7 nitrogen and oxygen atoms in total. The van der Waals surface area contributed by atoms with Gasteiger partial charge in [0.2, 0.25) is 0 Å². The number of benzene rings is 1. The summed E-state index contributed by atoms with van der Waals surface area (Å²) in [5, 5.41) is 13.6. The Morgan fingerprint density at radius 3 is 2.80 bits per heavy atom. The quantitative estimate of drug-likeness (QED) is 0.645. The topological polar surface area (TPSA) is 81.6 Å². The number of piperazine rings is 1. The third-order valence-corrected chi connectivity index (χ3v) is 6.13. The van der Waals surface area contributed by atoms with Crippen LogP contribution in [0.2, 0.25) is 0 Å². The van der Waals surface area contributed by atoms with Crippen LogP contribution in [0.15, 0.2) is 24.4 Å². The van der Waals surface area contributed by atoms with Gasteiger partial charge in [0.05, 0.1) is 28.7 Å². The Labute approximate surface area is 173 Å². The first-order chi connectivity index (χ1) is 14.4. The summed E-state index contributed by atoms with van der Waals surface area (Å²) in [6.07, 6.45) is 1.68. The summed E-state index contributed by atoms with van der Waals surface area (Å²) in [4.78, 5) is 26.0. The van der Waals surface area contributed by atoms with Crippen molar-refractivity contribution in [1.29, 1.82) is 0 Å². The Hall–Kier alpha value is -3.26. The van der Waals surface area contributed by atoms with E-state index in [0.717, 1.165) is 23.5 Å². The summed E-state index contributed by atoms with van der Waals surface area (Å²) in [5.41, 5.74) is 4.94. The molecular weight excluding hydrogens is 385 g/mol. The number of fused-ring (bicyclic) bond motifs is 5. The minimum absolute atomic E-state index is 0.0252. The van der Waals surface area contributed by atoms with Gasteiger partial charge < -0.3 is 20.2 Å². The van der Waals surface area contributed by atoms with Crippen LogP contribution in [0.1, 0.15) is 11.3 Å². The van der Waals surface area contributed by atoms with Gasteiger partial charge in [-0.2, -0.15) is 0 Å². The number of likely N-dealkylation sites (N-methyl/N-ethyl adjacent to an activating group) is 1. The smallest absolute Gasteiger partial charge is 0.250 e. The molecule has 2 aliphatic heterocycles. The number of carbonyl (C=O) groups is 1. The minimum atomic E-state index is -0.507. The molecule has 1 fully saturated rings. The van der Waals surface area contributed by atoms with Crippen molar-refractivity contribution in [3.63, 3.8) is 0 Å². The fourth-order valence-electron chi connectivity index (χ4n) is 4.67. The Morgan fingerprint density at radius 2 is 2.03 bits per heavy atom. The summed E-state index contributed by atoms with van der Waals surface area (Å²) in [5.74, 6) is -0.613. The number of hydrogen-bond donors (Lipinski definition) is 2. The summed E-state index contributed by atoms with van der Waals surface area (Å²) >= 11 is 0. The molecule has 2 aliphatic rings. The van der Waals surface area contributed by atoms with Crippen LogP contribution in [0.5, 0.6) is 5.75 Å². The molecule has 2 N–H and O–H groups in total. The molecule has 3 aromatic rings. The largest absolute Gasteiger partial charge is 0.507 e. The number of nitrogens with one attached hydrogen (secondary N) is 1. The standard InChI is InChI=1S/C22H22FN5O2/c1-11-17(18-13(23)5-4-6-16(18)29)12(2)26-20-19(11)25-10-14-21(20)28-8-7-24-9-15(28)22(30)27(14)3/h4-6,10,15,24,29H,7-9H2,1-3H3/t15-/m1/s1. The van der Waals surface area contributed by atoms with Gasteiger partial charge in [-0.3, -0.25) is 9.78 Å². The van der Waals surface area contributed by atoms with E-state index in [1.54, 1.807) is 25.1 Å². The maximum absolute atomic E-state index is 14.6. The zero-order valence-corrected chi connectivity index (χ0v) is 17.0. The van der Waals surface area contributed by atoms with E-state index in [0.29, 0.717) is 35.4 Å². The lowest BCUT2D eigenvalue weighted by atomic mass is 9.95. The van der Waals surface area contributed by atoms with Crippen LogP contribution in [0, 0.1) is 19.7 Å². The van der Waals surface area contributed by atoms with Gasteiger partial charge in [-0.15, -0.1) is 0 Å². The van der Waals surface area contributed by atoms with E-state index in [4.69, 9.17) is 4.98 Å². The lowest BCUT2D eigenvalue weighted by molar-refractivity contribution is -0.120. The normalized spacial score (nSPS) is 18.5. The summed E-state index contributed by atoms with van der Waals surface area (Å²) in [6.45, 7) is 5.71. The van der Waals surface area contributed by atoms with Gasteiger partial charge >= 0.3 is 0 Å². The van der Waals surface area contributed by atoms with E-state index in [-0.39, 0.29) is 23.3 Å². The molecule has 2 aromatic heterocycles. The van der Waals surface area contributed by atoms with E-state index in [1.165, 1.54) is 18.2 Å². The molecule has 8 heteroatoms. The Balaban J connectivity index is 1.82. The first kappa shape index (κ1) is 18.7. The molecule has 0 spiro atoms. The maximum Gasteiger partial charge on any atom is 0.250 e. The first-order valence-electron chi connectivity index (χ1n) is 9.92. The Bertz CT molecular complexity index is 1190. The molecule has 0 aliphatic carbocycles. The van der Waals surface area contributed by atoms with Crippen LogP contribution in [0.4, 0.5) is 15.8 Å². The number of amides is 1. The van der Waals surface area contributed by atoms with Gasteiger partial charge in [-0.05, 0) is 31.5 Å². The number of carbonyl (C=O) groups excluding carboxylic acids is 1. The number of phenols is 1. The second-order valence-corrected chi connectivity index (χ2v) is 7.83. The van der Waals surface area contributed by atoms with E-state index < -0.39 is 5.82 Å². The molecule has 30 heavy (non-hydrogen) atoms. The number of nitrogens with zero attached hydrogens (tertiary/aromatic N) is 4. The Kier molecular flexibility index (Phi) is 4.14. The highest BCUT2D eigenvalue weighted by Crippen LogP contribution is 2.44. The lowest BCUT2D eigenvalue weighted by Crippen LogP contribution is -2.61. The fraction of sp³-hybridized carbons (Fsp3) is 0.318. The SMILES string of the molecule is Cc1nc2c3c(cnc2c(C)c1-c1c(O)cccc1F)N(C)C(=O)[C@H]1CNCCN31. The number of aromatic hydroxyl groups is 1. The van der Waals surface area contributed by atoms with Gasteiger partial charge in [0, 0.05) is 37.9 Å². The van der Waals surface area contributed by atoms with Crippen LogP contribution in [0.25, 0.3) is 22.2 Å². The molecule has 154 valence electrons. The highest BCUT2D eigenvalue weighted by atomic mass is 19.1. The number of aryl methyl sites for hydroxylation is 2. The number of hydrogen-bond acceptors (Lipinski definition) is 6. The van der Waals surface area contributed by atoms with Crippen molar-refractivity contribution in [3.05, 3.63) is 41.5 Å². The van der Waals surface area contributed by atoms with Gasteiger partial charge in [0.1, 0.15) is 23.1 Å². The van der Waals surface area contributed by atoms with E-state index in [1.807, 2.05) is 6.92 Å². The van der Waals surface area contributed by atoms with Crippen LogP contribution in [0.3, 0.4) is 0 Å². The molecule has 1 atom stereocenters. The molecule has 1 saturated heterocycles. The number of aromatic nitrogens is 2. The molecule has 1 amide bonds. The van der Waals surface area contributed by atoms with Crippen molar-refractivity contribution in [1.82, 2.24) is 15.3 Å². The minimum Gasteiger partial charge on any atom is -0.507 e. The van der Waals surface area contributed by atoms with Crippen molar-refractivity contribution < 1.29 is 14.3 Å². The van der Waals surface area contributed by atoms with Crippen LogP contribution in [-0.2, 0) is 4.79 Å². The molecule has 0 bridgehead atoms. The molecule has 0 saturated carbocycles. The first-order valence-corrected chi connectivity index (χ1v) is 9.92. The lowest BCUT2D eigenvalue weighted by Gasteiger charge is -2.44. The predicted octanol–water partition coefficient (Wildman–Crippen LogP) is 2.51. The van der Waals surface area contributed by atoms with Crippen molar-refractivity contribution >= 4 is 28.3 Å². The van der Waals surface area contributed by atoms with E-state index in [2.05, 4.69) is 15.2 Å². The number of pyridine rings is 2. The van der Waals surface area contributed by atoms with Crippen LogP contribution >= 0.6 is 0 Å². The average molecular weight is 407 g/mol. The second kappa shape index (κ2) is 6.63. The van der Waals surface area contributed by atoms with Gasteiger partial charge in [-0.1, -0.05) is 6.07 Å². The average Bonchev–Trinajstić information content (AvgIpc) is 2.73. The van der Waals surface area contributed by atoms with Crippen molar-refractivity contribution in [2.75, 3.05) is 36.5 Å². The van der Waals surface area contributed by atoms with Gasteiger partial charge in [-0.25, -0.2) is 9.37 Å². The summed E-state index contributed by atoms with van der Waals surface area (Å²) in [7, 11) is 1.76. The summed E-state index contributed by atoms with van der Waals surface area (Å²) in [6, 6.07) is 3.97. The zero-order chi connectivity index (χ0) is 21.2. The third kappa shape index (κ3) is 2.50. The number of anilines is 2. The Morgan fingerprint density at radius 1 is 1.23 bits per heavy atom. The fourth-order valence-corrected chi connectivity index (χ4v) is 4.67. The molecule has 0 unspecified atom stereocenters. The molecule has 5 rings (SSSR count). The maximum atomic E-state index is 14.6. The zero-order valence-electron chi connectivity index (χ0n) is 17.0. The van der Waals surface area contributed by atoms with Crippen molar-refractivity contribution in [2.24, 2.45) is 0 Å². The van der Waals surface area contributed by atoms with Crippen molar-refractivity contribution in [2.45, 2.75) is 19.9 Å². The third-order valence-electron chi connectivity index (χ3n) is 6.13. The highest BCUT2D eigenvalue weighted by molar-refractivity contribution is 6.11. The number of rotatable bonds is 1. The highest BCUT2D eigenvalue weighted by Gasteiger charge is 2.40. The van der Waals surface area contributed by atoms with Crippen LogP contribution in [-0.4, -0.2) is 53.7 Å². The number of phenolic OH excluding ortho intramolecular Hbond substituents is 1. The number of halogens is 1. The summed E-state index contributed by atoms with van der Waals surface area (Å²) < 4.78 is 14.6. The molecule has 0 radical (unpaired) electrons. The molecule has 1 aromatic carbocycles. The molecule has 4 heterocycles. The van der Waals surface area contributed by atoms with Gasteiger partial charge in [0.25, 0.3) is 5.91 Å². The van der Waals surface area contributed by atoms with Crippen molar-refractivity contribution in [3.8, 4) is 16.9 Å². The predicted molar refractivity (Wildman–Crippen MR) is 113 cm³/mol. The van der Waals surface area contributed by atoms with Crippen LogP contribution < -0.4 is 15.1 Å². The monoisotopic (exact) mass is 407 g/mol.